The first kappa shape index (κ1) is 10.8. The number of hydrogen-bond donors (Lipinski definition) is 0. The molecule has 2 atom stereocenters. The average Bonchev–Trinajstić information content (AvgIpc) is 3.09. The van der Waals surface area contributed by atoms with Crippen molar-refractivity contribution in [3.8, 4) is 0 Å². The van der Waals surface area contributed by atoms with Gasteiger partial charge in [0.1, 0.15) is 6.10 Å². The van der Waals surface area contributed by atoms with Gasteiger partial charge in [0, 0.05) is 0 Å². The zero-order valence-electron chi connectivity index (χ0n) is 8.88. The number of hydrogen-bond acceptors (Lipinski definition) is 4. The molecule has 0 amide bonds. The fraction of sp³-hybridized carbons (Fsp3) is 0.333. The summed E-state index contributed by atoms with van der Waals surface area (Å²) in [6.07, 6.45) is -0.959. The van der Waals surface area contributed by atoms with Crippen LogP contribution in [0.2, 0.25) is 0 Å². The molecule has 16 heavy (non-hydrogen) atoms. The van der Waals surface area contributed by atoms with Crippen LogP contribution in [0.3, 0.4) is 0 Å². The van der Waals surface area contributed by atoms with Crippen LogP contribution in [-0.4, -0.2) is 24.5 Å². The second kappa shape index (κ2) is 4.45. The van der Waals surface area contributed by atoms with Crippen molar-refractivity contribution in [3.05, 3.63) is 35.9 Å². The van der Waals surface area contributed by atoms with E-state index in [2.05, 4.69) is 4.74 Å². The third-order valence-corrected chi connectivity index (χ3v) is 2.35. The fourth-order valence-corrected chi connectivity index (χ4v) is 1.53. The molecule has 0 saturated carbocycles. The van der Waals surface area contributed by atoms with Crippen molar-refractivity contribution in [2.75, 3.05) is 6.61 Å². The molecule has 0 aromatic heterocycles. The van der Waals surface area contributed by atoms with E-state index in [9.17, 15) is 9.59 Å². The SMILES string of the molecule is CCOC(=O)C(=O)[C@H]1O[C@@H]1c1ccccc1. The molecule has 1 aromatic carbocycles. The highest BCUT2D eigenvalue weighted by Gasteiger charge is 2.48. The zero-order valence-corrected chi connectivity index (χ0v) is 8.88. The third-order valence-electron chi connectivity index (χ3n) is 2.35. The number of carbonyl (C=O) groups is 2. The van der Waals surface area contributed by atoms with Gasteiger partial charge in [-0.25, -0.2) is 4.79 Å². The summed E-state index contributed by atoms with van der Waals surface area (Å²) in [4.78, 5) is 22.6. The van der Waals surface area contributed by atoms with Crippen molar-refractivity contribution in [1.29, 1.82) is 0 Å². The van der Waals surface area contributed by atoms with Crippen LogP contribution in [0.4, 0.5) is 0 Å². The Morgan fingerprint density at radius 2 is 2.00 bits per heavy atom. The van der Waals surface area contributed by atoms with Crippen molar-refractivity contribution in [2.45, 2.75) is 19.1 Å². The van der Waals surface area contributed by atoms with E-state index in [-0.39, 0.29) is 12.7 Å². The van der Waals surface area contributed by atoms with Gasteiger partial charge in [0.05, 0.1) is 6.61 Å². The molecule has 0 aliphatic carbocycles. The maximum atomic E-state index is 11.5. The van der Waals surface area contributed by atoms with E-state index in [0.29, 0.717) is 0 Å². The zero-order chi connectivity index (χ0) is 11.5. The highest BCUT2D eigenvalue weighted by molar-refractivity contribution is 6.36. The molecule has 0 unspecified atom stereocenters. The molecular formula is C12H12O4. The van der Waals surface area contributed by atoms with Crippen LogP contribution in [0, 0.1) is 0 Å². The van der Waals surface area contributed by atoms with E-state index in [1.807, 2.05) is 30.3 Å². The molecule has 0 radical (unpaired) electrons. The Bertz CT molecular complexity index is 399. The average molecular weight is 220 g/mol. The van der Waals surface area contributed by atoms with Gasteiger partial charge in [-0.2, -0.15) is 0 Å². The van der Waals surface area contributed by atoms with Gasteiger partial charge >= 0.3 is 5.97 Å². The molecule has 0 N–H and O–H groups in total. The molecule has 4 nitrogen and oxygen atoms in total. The number of ketones is 1. The van der Waals surface area contributed by atoms with Crippen molar-refractivity contribution >= 4 is 11.8 Å². The van der Waals surface area contributed by atoms with Crippen LogP contribution in [0.1, 0.15) is 18.6 Å². The molecule has 2 rings (SSSR count). The maximum absolute atomic E-state index is 11.5. The highest BCUT2D eigenvalue weighted by atomic mass is 16.6. The van der Waals surface area contributed by atoms with E-state index >= 15 is 0 Å². The molecular weight excluding hydrogens is 208 g/mol. The molecule has 1 aliphatic rings. The predicted molar refractivity (Wildman–Crippen MR) is 55.7 cm³/mol. The standard InChI is InChI=1S/C12H12O4/c1-2-15-12(14)9(13)11-10(16-11)8-6-4-3-5-7-8/h3-7,10-11H,2H2,1H3/t10-,11-/m1/s1. The number of esters is 1. The summed E-state index contributed by atoms with van der Waals surface area (Å²) in [6, 6.07) is 9.34. The van der Waals surface area contributed by atoms with Crippen molar-refractivity contribution in [2.24, 2.45) is 0 Å². The van der Waals surface area contributed by atoms with Gasteiger partial charge < -0.3 is 9.47 Å². The number of carbonyl (C=O) groups excluding carboxylic acids is 2. The first-order valence-corrected chi connectivity index (χ1v) is 5.15. The Kier molecular flexibility index (Phi) is 3.01. The normalized spacial score (nSPS) is 22.6. The van der Waals surface area contributed by atoms with Gasteiger partial charge in [-0.3, -0.25) is 4.79 Å². The van der Waals surface area contributed by atoms with Crippen molar-refractivity contribution in [3.63, 3.8) is 0 Å². The third kappa shape index (κ3) is 2.12. The first-order chi connectivity index (χ1) is 7.74. The number of ether oxygens (including phenoxy) is 2. The highest BCUT2D eigenvalue weighted by Crippen LogP contribution is 2.39. The molecule has 1 fully saturated rings. The van der Waals surface area contributed by atoms with Crippen LogP contribution < -0.4 is 0 Å². The van der Waals surface area contributed by atoms with Crippen LogP contribution in [-0.2, 0) is 19.1 Å². The largest absolute Gasteiger partial charge is 0.460 e. The van der Waals surface area contributed by atoms with Crippen molar-refractivity contribution < 1.29 is 19.1 Å². The van der Waals surface area contributed by atoms with E-state index in [1.54, 1.807) is 6.92 Å². The summed E-state index contributed by atoms with van der Waals surface area (Å²) in [5.41, 5.74) is 0.908. The second-order valence-corrected chi connectivity index (χ2v) is 3.47. The molecule has 1 aliphatic heterocycles. The van der Waals surface area contributed by atoms with Gasteiger partial charge in [-0.15, -0.1) is 0 Å². The number of epoxide rings is 1. The lowest BCUT2D eigenvalue weighted by Crippen LogP contribution is -2.22. The summed E-state index contributed by atoms with van der Waals surface area (Å²) >= 11 is 0. The number of benzene rings is 1. The minimum atomic E-state index is -0.814. The molecule has 84 valence electrons. The fourth-order valence-electron chi connectivity index (χ4n) is 1.53. The Morgan fingerprint density at radius 1 is 1.31 bits per heavy atom. The van der Waals surface area contributed by atoms with Gasteiger partial charge in [0.15, 0.2) is 6.10 Å². The van der Waals surface area contributed by atoms with Crippen LogP contribution >= 0.6 is 0 Å². The number of Topliss-reactive ketones (excluding diaryl/α,β-unsaturated/α-hetero) is 1. The Morgan fingerprint density at radius 3 is 2.62 bits per heavy atom. The quantitative estimate of drug-likeness (QED) is 0.435. The lowest BCUT2D eigenvalue weighted by Gasteiger charge is -1.97. The lowest BCUT2D eigenvalue weighted by atomic mass is 10.1. The lowest BCUT2D eigenvalue weighted by molar-refractivity contribution is -0.154. The molecule has 1 saturated heterocycles. The summed E-state index contributed by atoms with van der Waals surface area (Å²) in [5, 5.41) is 0. The van der Waals surface area contributed by atoms with E-state index < -0.39 is 17.9 Å². The van der Waals surface area contributed by atoms with E-state index in [0.717, 1.165) is 5.56 Å². The summed E-state index contributed by atoms with van der Waals surface area (Å²) in [5.74, 6) is -1.42. The van der Waals surface area contributed by atoms with Crippen LogP contribution in [0.25, 0.3) is 0 Å². The van der Waals surface area contributed by atoms with Gasteiger partial charge in [0.25, 0.3) is 5.78 Å². The van der Waals surface area contributed by atoms with Gasteiger partial charge in [-0.1, -0.05) is 30.3 Å². The predicted octanol–water partition coefficient (Wildman–Crippen LogP) is 1.26. The van der Waals surface area contributed by atoms with Crippen LogP contribution in [0.15, 0.2) is 30.3 Å². The molecule has 1 aromatic rings. The molecule has 0 spiro atoms. The smallest absolute Gasteiger partial charge is 0.377 e. The monoisotopic (exact) mass is 220 g/mol. The van der Waals surface area contributed by atoms with E-state index in [4.69, 9.17) is 4.74 Å². The Hall–Kier alpha value is -1.68. The van der Waals surface area contributed by atoms with Gasteiger partial charge in [0.2, 0.25) is 0 Å². The number of rotatable bonds is 4. The minimum absolute atomic E-state index is 0.202. The van der Waals surface area contributed by atoms with Gasteiger partial charge in [-0.05, 0) is 12.5 Å². The molecule has 1 heterocycles. The summed E-state index contributed by atoms with van der Waals surface area (Å²) < 4.78 is 9.80. The summed E-state index contributed by atoms with van der Waals surface area (Å²) in [7, 11) is 0. The minimum Gasteiger partial charge on any atom is -0.460 e. The molecule has 0 bridgehead atoms. The topological polar surface area (TPSA) is 55.9 Å². The molecule has 4 heteroatoms. The maximum Gasteiger partial charge on any atom is 0.377 e. The second-order valence-electron chi connectivity index (χ2n) is 3.47. The van der Waals surface area contributed by atoms with Crippen molar-refractivity contribution in [1.82, 2.24) is 0 Å². The van der Waals surface area contributed by atoms with E-state index in [1.165, 1.54) is 0 Å². The Labute approximate surface area is 93.2 Å². The first-order valence-electron chi connectivity index (χ1n) is 5.15. The summed E-state index contributed by atoms with van der Waals surface area (Å²) in [6.45, 7) is 1.86. The van der Waals surface area contributed by atoms with Crippen LogP contribution in [0.5, 0.6) is 0 Å². The Balaban J connectivity index is 1.97.